The monoisotopic (exact) mass is 286 g/mol. The number of hydrogen-bond donors (Lipinski definition) is 1. The maximum Gasteiger partial charge on any atom is 0.233 e. The molecule has 2 amide bonds. The van der Waals surface area contributed by atoms with Crippen LogP contribution in [0.3, 0.4) is 0 Å². The minimum atomic E-state index is -0.542. The Balaban J connectivity index is 1.91. The zero-order chi connectivity index (χ0) is 15.3. The molecule has 3 rings (SSSR count). The zero-order valence-corrected chi connectivity index (χ0v) is 12.1. The van der Waals surface area contributed by atoms with Crippen LogP contribution in [0.1, 0.15) is 36.2 Å². The molecule has 110 valence electrons. The fraction of sp³-hybridized carbons (Fsp3) is 0.438. The molecular formula is C16H18N2O3. The van der Waals surface area contributed by atoms with Crippen LogP contribution in [0.5, 0.6) is 0 Å². The van der Waals surface area contributed by atoms with Crippen molar-refractivity contribution in [2.45, 2.75) is 32.7 Å². The van der Waals surface area contributed by atoms with Crippen molar-refractivity contribution >= 4 is 23.3 Å². The Labute approximate surface area is 123 Å². The molecule has 0 aromatic heterocycles. The number of rotatable bonds is 2. The molecule has 1 heterocycles. The largest absolute Gasteiger partial charge is 0.398 e. The number of nitrogen functional groups attached to an aromatic ring is 1. The van der Waals surface area contributed by atoms with E-state index >= 15 is 0 Å². The van der Waals surface area contributed by atoms with Gasteiger partial charge in [0, 0.05) is 29.6 Å². The second kappa shape index (κ2) is 4.69. The molecule has 21 heavy (non-hydrogen) atoms. The maximum absolute atomic E-state index is 12.5. The molecule has 1 saturated heterocycles. The maximum atomic E-state index is 12.5. The van der Waals surface area contributed by atoms with Crippen LogP contribution in [-0.2, 0) is 16.0 Å². The summed E-state index contributed by atoms with van der Waals surface area (Å²) in [6.45, 7) is 3.61. The van der Waals surface area contributed by atoms with Gasteiger partial charge in [-0.25, -0.2) is 0 Å². The van der Waals surface area contributed by atoms with Crippen LogP contribution >= 0.6 is 0 Å². The average molecular weight is 286 g/mol. The highest BCUT2D eigenvalue weighted by molar-refractivity contribution is 6.10. The number of anilines is 1. The van der Waals surface area contributed by atoms with Crippen molar-refractivity contribution in [3.63, 3.8) is 0 Å². The highest BCUT2D eigenvalue weighted by Gasteiger charge is 2.48. The van der Waals surface area contributed by atoms with E-state index in [1.165, 1.54) is 4.90 Å². The standard InChI is InChI=1S/C16H18N2O3/c1-8(2)18-14(19)7-12(16(18)21)11-6-10-9(15(11)20)4-3-5-13(10)17/h3-5,8,11-12H,6-7,17H2,1-2H3. The van der Waals surface area contributed by atoms with E-state index in [0.717, 1.165) is 5.56 Å². The summed E-state index contributed by atoms with van der Waals surface area (Å²) in [5.74, 6) is -1.46. The van der Waals surface area contributed by atoms with Crippen molar-refractivity contribution in [2.24, 2.45) is 11.8 Å². The van der Waals surface area contributed by atoms with Crippen molar-refractivity contribution in [3.8, 4) is 0 Å². The number of fused-ring (bicyclic) bond motifs is 1. The van der Waals surface area contributed by atoms with Gasteiger partial charge in [0.25, 0.3) is 0 Å². The lowest BCUT2D eigenvalue weighted by Gasteiger charge is -2.20. The van der Waals surface area contributed by atoms with Gasteiger partial charge >= 0.3 is 0 Å². The van der Waals surface area contributed by atoms with Gasteiger partial charge in [-0.2, -0.15) is 0 Å². The normalized spacial score (nSPS) is 25.1. The van der Waals surface area contributed by atoms with Gasteiger partial charge in [0.1, 0.15) is 0 Å². The molecule has 1 fully saturated rings. The third-order valence-electron chi connectivity index (χ3n) is 4.46. The van der Waals surface area contributed by atoms with Crippen molar-refractivity contribution < 1.29 is 14.4 Å². The van der Waals surface area contributed by atoms with E-state index in [1.54, 1.807) is 32.0 Å². The summed E-state index contributed by atoms with van der Waals surface area (Å²) in [5.41, 5.74) is 7.92. The fourth-order valence-corrected chi connectivity index (χ4v) is 3.43. The Hall–Kier alpha value is -2.17. The number of imide groups is 1. The number of amides is 2. The molecule has 1 aliphatic heterocycles. The summed E-state index contributed by atoms with van der Waals surface area (Å²) in [5, 5.41) is 0. The molecule has 2 N–H and O–H groups in total. The van der Waals surface area contributed by atoms with Gasteiger partial charge < -0.3 is 5.73 Å². The van der Waals surface area contributed by atoms with Crippen LogP contribution in [0.2, 0.25) is 0 Å². The van der Waals surface area contributed by atoms with E-state index in [9.17, 15) is 14.4 Å². The molecule has 1 aliphatic carbocycles. The summed E-state index contributed by atoms with van der Waals surface area (Å²) < 4.78 is 0. The number of likely N-dealkylation sites (tertiary alicyclic amines) is 1. The lowest BCUT2D eigenvalue weighted by atomic mass is 9.87. The Bertz CT molecular complexity index is 651. The molecule has 1 aromatic rings. The summed E-state index contributed by atoms with van der Waals surface area (Å²) >= 11 is 0. The number of ketones is 1. The number of carbonyl (C=O) groups is 3. The molecule has 0 spiro atoms. The Kier molecular flexibility index (Phi) is 3.08. The van der Waals surface area contributed by atoms with Gasteiger partial charge in [-0.1, -0.05) is 12.1 Å². The van der Waals surface area contributed by atoms with Crippen LogP contribution < -0.4 is 5.73 Å². The Morgan fingerprint density at radius 2 is 1.86 bits per heavy atom. The molecule has 5 nitrogen and oxygen atoms in total. The second-order valence-electron chi connectivity index (χ2n) is 6.05. The van der Waals surface area contributed by atoms with Crippen LogP contribution in [0.15, 0.2) is 18.2 Å². The topological polar surface area (TPSA) is 80.5 Å². The third-order valence-corrected chi connectivity index (χ3v) is 4.46. The first kappa shape index (κ1) is 13.8. The average Bonchev–Trinajstić information content (AvgIpc) is 2.89. The molecular weight excluding hydrogens is 268 g/mol. The van der Waals surface area contributed by atoms with E-state index in [0.29, 0.717) is 17.7 Å². The lowest BCUT2D eigenvalue weighted by molar-refractivity contribution is -0.141. The number of carbonyl (C=O) groups excluding carboxylic acids is 3. The van der Waals surface area contributed by atoms with Crippen molar-refractivity contribution in [1.82, 2.24) is 4.90 Å². The summed E-state index contributed by atoms with van der Waals surface area (Å²) in [6, 6.07) is 5.08. The van der Waals surface area contributed by atoms with Crippen LogP contribution in [0, 0.1) is 11.8 Å². The van der Waals surface area contributed by atoms with E-state index in [2.05, 4.69) is 0 Å². The summed E-state index contributed by atoms with van der Waals surface area (Å²) in [6.07, 6.45) is 0.581. The van der Waals surface area contributed by atoms with E-state index in [-0.39, 0.29) is 30.1 Å². The number of nitrogens with zero attached hydrogens (tertiary/aromatic N) is 1. The van der Waals surface area contributed by atoms with E-state index < -0.39 is 11.8 Å². The van der Waals surface area contributed by atoms with Gasteiger partial charge in [-0.05, 0) is 31.9 Å². The van der Waals surface area contributed by atoms with Crippen molar-refractivity contribution in [3.05, 3.63) is 29.3 Å². The van der Waals surface area contributed by atoms with Gasteiger partial charge in [0.15, 0.2) is 5.78 Å². The Morgan fingerprint density at radius 3 is 2.43 bits per heavy atom. The van der Waals surface area contributed by atoms with Crippen molar-refractivity contribution in [2.75, 3.05) is 5.73 Å². The SMILES string of the molecule is CC(C)N1C(=O)CC(C2Cc3c(N)cccc3C2=O)C1=O. The van der Waals surface area contributed by atoms with Gasteiger partial charge in [-0.3, -0.25) is 19.3 Å². The van der Waals surface area contributed by atoms with Crippen LogP contribution in [0.4, 0.5) is 5.69 Å². The zero-order valence-electron chi connectivity index (χ0n) is 12.1. The summed E-state index contributed by atoms with van der Waals surface area (Å²) in [7, 11) is 0. The quantitative estimate of drug-likeness (QED) is 0.658. The molecule has 2 aliphatic rings. The molecule has 1 aromatic carbocycles. The van der Waals surface area contributed by atoms with Gasteiger partial charge in [-0.15, -0.1) is 0 Å². The molecule has 0 bridgehead atoms. The first-order valence-corrected chi connectivity index (χ1v) is 7.19. The highest BCUT2D eigenvalue weighted by atomic mass is 16.2. The minimum absolute atomic E-state index is 0.0611. The number of benzene rings is 1. The van der Waals surface area contributed by atoms with Crippen LogP contribution in [-0.4, -0.2) is 28.5 Å². The molecule has 2 unspecified atom stereocenters. The smallest absolute Gasteiger partial charge is 0.233 e. The highest BCUT2D eigenvalue weighted by Crippen LogP contribution is 2.39. The summed E-state index contributed by atoms with van der Waals surface area (Å²) in [4.78, 5) is 38.3. The molecule has 5 heteroatoms. The first-order valence-electron chi connectivity index (χ1n) is 7.19. The van der Waals surface area contributed by atoms with Crippen LogP contribution in [0.25, 0.3) is 0 Å². The molecule has 2 atom stereocenters. The van der Waals surface area contributed by atoms with Crippen molar-refractivity contribution in [1.29, 1.82) is 0 Å². The molecule has 0 radical (unpaired) electrons. The first-order chi connectivity index (χ1) is 9.91. The molecule has 0 saturated carbocycles. The minimum Gasteiger partial charge on any atom is -0.398 e. The fourth-order valence-electron chi connectivity index (χ4n) is 3.43. The number of hydrogen-bond acceptors (Lipinski definition) is 4. The predicted octanol–water partition coefficient (Wildman–Crippen LogP) is 1.41. The van der Waals surface area contributed by atoms with Gasteiger partial charge in [0.05, 0.1) is 5.92 Å². The van der Waals surface area contributed by atoms with Gasteiger partial charge in [0.2, 0.25) is 11.8 Å². The Morgan fingerprint density at radius 1 is 1.14 bits per heavy atom. The lowest BCUT2D eigenvalue weighted by Crippen LogP contribution is -2.38. The number of nitrogens with two attached hydrogens (primary N) is 1. The number of Topliss-reactive ketones (excluding diaryl/α,β-unsaturated/α-hetero) is 1. The second-order valence-corrected chi connectivity index (χ2v) is 6.05. The predicted molar refractivity (Wildman–Crippen MR) is 77.5 cm³/mol. The van der Waals surface area contributed by atoms with E-state index in [1.807, 2.05) is 0 Å². The van der Waals surface area contributed by atoms with E-state index in [4.69, 9.17) is 5.73 Å². The third kappa shape index (κ3) is 1.95.